The minimum Gasteiger partial charge on any atom is -0.497 e. The van der Waals surface area contributed by atoms with E-state index in [4.69, 9.17) is 9.47 Å². The Kier molecular flexibility index (Phi) is 7.57. The van der Waals surface area contributed by atoms with E-state index in [0.717, 1.165) is 22.5 Å². The molecule has 1 N–H and O–H groups in total. The predicted octanol–water partition coefficient (Wildman–Crippen LogP) is 5.86. The van der Waals surface area contributed by atoms with Crippen LogP contribution in [-0.2, 0) is 4.74 Å². The molecule has 0 bridgehead atoms. The van der Waals surface area contributed by atoms with Gasteiger partial charge in [0, 0.05) is 30.8 Å². The number of hydrogen-bond donors (Lipinski definition) is 1. The second-order valence-corrected chi connectivity index (χ2v) is 10.6. The molecule has 1 aromatic heterocycles. The number of piperidine rings is 1. The molecule has 1 aliphatic rings. The van der Waals surface area contributed by atoms with Crippen LogP contribution in [0.4, 0.5) is 10.5 Å². The molecular weight excluding hydrogens is 468 g/mol. The van der Waals surface area contributed by atoms with Crippen molar-refractivity contribution in [1.29, 1.82) is 0 Å². The zero-order chi connectivity index (χ0) is 26.7. The number of aromatic nitrogens is 2. The number of methoxy groups -OCH3 is 1. The van der Waals surface area contributed by atoms with Crippen molar-refractivity contribution in [2.24, 2.45) is 0 Å². The minimum absolute atomic E-state index is 0.0490. The number of carbonyl (C=O) groups excluding carboxylic acids is 2. The number of carbonyl (C=O) groups is 2. The Bertz CT molecular complexity index is 1280. The third-order valence-electron chi connectivity index (χ3n) is 6.49. The summed E-state index contributed by atoms with van der Waals surface area (Å²) in [5, 5.41) is 7.67. The Morgan fingerprint density at radius 3 is 2.43 bits per heavy atom. The van der Waals surface area contributed by atoms with E-state index >= 15 is 0 Å². The number of benzene rings is 2. The Morgan fingerprint density at radius 2 is 1.78 bits per heavy atom. The fraction of sp³-hybridized carbons (Fsp3) is 0.414. The first-order chi connectivity index (χ1) is 17.6. The van der Waals surface area contributed by atoms with E-state index in [1.165, 1.54) is 0 Å². The van der Waals surface area contributed by atoms with E-state index in [0.29, 0.717) is 42.9 Å². The van der Waals surface area contributed by atoms with Crippen molar-refractivity contribution in [1.82, 2.24) is 14.7 Å². The summed E-state index contributed by atoms with van der Waals surface area (Å²) in [5.41, 5.74) is 4.67. The summed E-state index contributed by atoms with van der Waals surface area (Å²) in [7, 11) is 1.59. The maximum atomic E-state index is 13.5. The number of hydrogen-bond acceptors (Lipinski definition) is 5. The largest absolute Gasteiger partial charge is 0.497 e. The monoisotopic (exact) mass is 504 g/mol. The number of nitrogens with one attached hydrogen (secondary N) is 1. The molecule has 37 heavy (non-hydrogen) atoms. The Labute approximate surface area is 218 Å². The van der Waals surface area contributed by atoms with Crippen LogP contribution in [0.5, 0.6) is 5.75 Å². The highest BCUT2D eigenvalue weighted by Crippen LogP contribution is 2.34. The molecular formula is C29H36N4O4. The molecule has 2 amide bonds. The van der Waals surface area contributed by atoms with Gasteiger partial charge in [-0.25, -0.2) is 9.48 Å². The van der Waals surface area contributed by atoms with Gasteiger partial charge in [0.25, 0.3) is 5.91 Å². The Morgan fingerprint density at radius 1 is 1.05 bits per heavy atom. The Hall–Kier alpha value is -3.81. The summed E-state index contributed by atoms with van der Waals surface area (Å²) < 4.78 is 12.8. The lowest BCUT2D eigenvalue weighted by Gasteiger charge is -2.34. The molecule has 0 spiro atoms. The van der Waals surface area contributed by atoms with Crippen molar-refractivity contribution in [3.8, 4) is 11.4 Å². The van der Waals surface area contributed by atoms with Gasteiger partial charge in [0.15, 0.2) is 0 Å². The van der Waals surface area contributed by atoms with Gasteiger partial charge in [0.2, 0.25) is 0 Å². The maximum Gasteiger partial charge on any atom is 0.410 e. The van der Waals surface area contributed by atoms with Crippen LogP contribution in [0.1, 0.15) is 66.7 Å². The summed E-state index contributed by atoms with van der Waals surface area (Å²) in [6.07, 6.45) is 2.75. The number of nitrogens with zero attached hydrogens (tertiary/aromatic N) is 3. The van der Waals surface area contributed by atoms with Crippen molar-refractivity contribution in [2.45, 2.75) is 59.0 Å². The first kappa shape index (κ1) is 26.3. The lowest BCUT2D eigenvalue weighted by Crippen LogP contribution is -2.41. The van der Waals surface area contributed by atoms with Gasteiger partial charge < -0.3 is 19.7 Å². The summed E-state index contributed by atoms with van der Waals surface area (Å²) in [5.74, 6) is 0.486. The van der Waals surface area contributed by atoms with Crippen LogP contribution in [-0.4, -0.2) is 52.5 Å². The van der Waals surface area contributed by atoms with Crippen molar-refractivity contribution < 1.29 is 19.1 Å². The van der Waals surface area contributed by atoms with Crippen LogP contribution < -0.4 is 10.1 Å². The molecule has 3 aromatic rings. The third-order valence-corrected chi connectivity index (χ3v) is 6.49. The topological polar surface area (TPSA) is 85.7 Å². The normalized spacial score (nSPS) is 14.4. The highest BCUT2D eigenvalue weighted by atomic mass is 16.6. The Balaban J connectivity index is 1.64. The van der Waals surface area contributed by atoms with Gasteiger partial charge in [-0.3, -0.25) is 4.79 Å². The zero-order valence-corrected chi connectivity index (χ0v) is 22.5. The first-order valence-corrected chi connectivity index (χ1v) is 12.6. The van der Waals surface area contributed by atoms with Crippen molar-refractivity contribution in [3.05, 3.63) is 71.0 Å². The number of anilines is 1. The highest BCUT2D eigenvalue weighted by Gasteiger charge is 2.32. The summed E-state index contributed by atoms with van der Waals surface area (Å²) in [6.45, 7) is 10.8. The van der Waals surface area contributed by atoms with Gasteiger partial charge in [-0.05, 0) is 71.2 Å². The minimum atomic E-state index is -0.541. The lowest BCUT2D eigenvalue weighted by molar-refractivity contribution is 0.0203. The number of ether oxygens (including phenoxy) is 2. The maximum absolute atomic E-state index is 13.5. The van der Waals surface area contributed by atoms with Crippen LogP contribution in [0.2, 0.25) is 0 Å². The second-order valence-electron chi connectivity index (χ2n) is 10.6. The molecule has 0 aliphatic carbocycles. The van der Waals surface area contributed by atoms with E-state index in [1.54, 1.807) is 24.3 Å². The summed E-state index contributed by atoms with van der Waals surface area (Å²) in [6, 6.07) is 13.5. The van der Waals surface area contributed by atoms with Gasteiger partial charge in [0.1, 0.15) is 11.4 Å². The molecule has 2 heterocycles. The average molecular weight is 505 g/mol. The molecule has 1 aliphatic heterocycles. The molecule has 1 saturated heterocycles. The van der Waals surface area contributed by atoms with Crippen LogP contribution in [0.15, 0.2) is 48.7 Å². The van der Waals surface area contributed by atoms with Gasteiger partial charge in [-0.15, -0.1) is 0 Å². The summed E-state index contributed by atoms with van der Waals surface area (Å²) >= 11 is 0. The van der Waals surface area contributed by atoms with Gasteiger partial charge >= 0.3 is 6.09 Å². The van der Waals surface area contributed by atoms with Gasteiger partial charge in [-0.2, -0.15) is 5.10 Å². The smallest absolute Gasteiger partial charge is 0.410 e. The fourth-order valence-corrected chi connectivity index (χ4v) is 4.72. The fourth-order valence-electron chi connectivity index (χ4n) is 4.72. The number of likely N-dealkylation sites (tertiary alicyclic amines) is 1. The number of rotatable bonds is 5. The molecule has 0 radical (unpaired) electrons. The zero-order valence-electron chi connectivity index (χ0n) is 22.5. The standard InChI is InChI=1S/C29H36N4O4/c1-19-10-11-25(20(2)16-19)33-26(21-12-14-32(15-13-21)28(35)37-29(3,4)5)24(18-30-33)27(34)31-22-8-7-9-23(17-22)36-6/h7-11,16-18,21H,12-15H2,1-6H3,(H,31,34). The van der Waals surface area contributed by atoms with E-state index in [9.17, 15) is 9.59 Å². The molecule has 4 rings (SSSR count). The number of aryl methyl sites for hydroxylation is 2. The summed E-state index contributed by atoms with van der Waals surface area (Å²) in [4.78, 5) is 27.9. The van der Waals surface area contributed by atoms with E-state index < -0.39 is 5.60 Å². The van der Waals surface area contributed by atoms with E-state index in [2.05, 4.69) is 36.4 Å². The molecule has 0 saturated carbocycles. The molecule has 1 fully saturated rings. The molecule has 2 aromatic carbocycles. The third kappa shape index (κ3) is 6.13. The second kappa shape index (κ2) is 10.7. The van der Waals surface area contributed by atoms with Gasteiger partial charge in [0.05, 0.1) is 30.3 Å². The van der Waals surface area contributed by atoms with Crippen molar-refractivity contribution >= 4 is 17.7 Å². The predicted molar refractivity (Wildman–Crippen MR) is 144 cm³/mol. The SMILES string of the molecule is COc1cccc(NC(=O)c2cnn(-c3ccc(C)cc3C)c2C2CCN(C(=O)OC(C)(C)C)CC2)c1. The van der Waals surface area contributed by atoms with E-state index in [1.807, 2.05) is 49.7 Å². The molecule has 0 unspecified atom stereocenters. The molecule has 8 heteroatoms. The van der Waals surface area contributed by atoms with Crippen LogP contribution in [0.25, 0.3) is 5.69 Å². The number of amides is 2. The van der Waals surface area contributed by atoms with E-state index in [-0.39, 0.29) is 17.9 Å². The highest BCUT2D eigenvalue weighted by molar-refractivity contribution is 6.05. The molecule has 0 atom stereocenters. The van der Waals surface area contributed by atoms with Crippen LogP contribution in [0, 0.1) is 13.8 Å². The van der Waals surface area contributed by atoms with Crippen molar-refractivity contribution in [2.75, 3.05) is 25.5 Å². The lowest BCUT2D eigenvalue weighted by atomic mass is 9.90. The van der Waals surface area contributed by atoms with Gasteiger partial charge in [-0.1, -0.05) is 23.8 Å². The quantitative estimate of drug-likeness (QED) is 0.470. The average Bonchev–Trinajstić information content (AvgIpc) is 3.28. The van der Waals surface area contributed by atoms with Crippen molar-refractivity contribution in [3.63, 3.8) is 0 Å². The first-order valence-electron chi connectivity index (χ1n) is 12.6. The van der Waals surface area contributed by atoms with Crippen LogP contribution in [0.3, 0.4) is 0 Å². The van der Waals surface area contributed by atoms with Crippen LogP contribution >= 0.6 is 0 Å². The molecule has 196 valence electrons. The molecule has 8 nitrogen and oxygen atoms in total.